The standard InChI is InChI=1S/C13H18N2/c1-2-3-11-15(12-7-10-14)13-8-5-4-6-9-13/h4-6,8-9H,2-3,7,11-12H2,1H3. The summed E-state index contributed by atoms with van der Waals surface area (Å²) in [7, 11) is 0. The van der Waals surface area contributed by atoms with Gasteiger partial charge >= 0.3 is 0 Å². The molecule has 0 amide bonds. The summed E-state index contributed by atoms with van der Waals surface area (Å²) in [6.07, 6.45) is 2.97. The van der Waals surface area contributed by atoms with E-state index in [4.69, 9.17) is 5.26 Å². The van der Waals surface area contributed by atoms with Gasteiger partial charge in [-0.1, -0.05) is 31.5 Å². The predicted octanol–water partition coefficient (Wildman–Crippen LogP) is 3.21. The van der Waals surface area contributed by atoms with Gasteiger partial charge in [0.2, 0.25) is 0 Å². The van der Waals surface area contributed by atoms with Gasteiger partial charge in [-0.3, -0.25) is 0 Å². The van der Waals surface area contributed by atoms with Crippen molar-refractivity contribution in [2.75, 3.05) is 18.0 Å². The minimum absolute atomic E-state index is 0.596. The third-order valence-electron chi connectivity index (χ3n) is 2.40. The predicted molar refractivity (Wildman–Crippen MR) is 63.8 cm³/mol. The highest BCUT2D eigenvalue weighted by Gasteiger charge is 2.03. The van der Waals surface area contributed by atoms with E-state index in [1.807, 2.05) is 18.2 Å². The second kappa shape index (κ2) is 6.89. The minimum atomic E-state index is 0.596. The molecule has 0 saturated carbocycles. The van der Waals surface area contributed by atoms with Crippen LogP contribution in [0.25, 0.3) is 0 Å². The van der Waals surface area contributed by atoms with Gasteiger partial charge in [0, 0.05) is 18.8 Å². The van der Waals surface area contributed by atoms with Crippen LogP contribution in [0.1, 0.15) is 26.2 Å². The van der Waals surface area contributed by atoms with Crippen LogP contribution in [0.15, 0.2) is 30.3 Å². The SMILES string of the molecule is CCCCN(CCC#N)c1ccccc1. The molecule has 1 aromatic rings. The zero-order valence-corrected chi connectivity index (χ0v) is 9.32. The van der Waals surface area contributed by atoms with E-state index >= 15 is 0 Å². The maximum absolute atomic E-state index is 8.61. The smallest absolute Gasteiger partial charge is 0.0640 e. The summed E-state index contributed by atoms with van der Waals surface area (Å²) in [5.41, 5.74) is 1.22. The Morgan fingerprint density at radius 2 is 1.93 bits per heavy atom. The lowest BCUT2D eigenvalue weighted by Crippen LogP contribution is -2.25. The summed E-state index contributed by atoms with van der Waals surface area (Å²) in [4.78, 5) is 2.28. The number of nitrogens with zero attached hydrogens (tertiary/aromatic N) is 2. The van der Waals surface area contributed by atoms with E-state index in [0.717, 1.165) is 13.1 Å². The van der Waals surface area contributed by atoms with Crippen LogP contribution in [-0.4, -0.2) is 13.1 Å². The number of hydrogen-bond acceptors (Lipinski definition) is 2. The Hall–Kier alpha value is -1.49. The first-order valence-electron chi connectivity index (χ1n) is 5.55. The number of nitriles is 1. The fourth-order valence-corrected chi connectivity index (χ4v) is 1.54. The van der Waals surface area contributed by atoms with Gasteiger partial charge in [0.15, 0.2) is 0 Å². The molecule has 2 heteroatoms. The van der Waals surface area contributed by atoms with Crippen LogP contribution < -0.4 is 4.90 Å². The normalized spacial score (nSPS) is 9.60. The number of para-hydroxylation sites is 1. The lowest BCUT2D eigenvalue weighted by molar-refractivity contribution is 0.718. The van der Waals surface area contributed by atoms with E-state index in [1.165, 1.54) is 18.5 Å². The average molecular weight is 202 g/mol. The summed E-state index contributed by atoms with van der Waals surface area (Å²) in [6, 6.07) is 12.5. The molecule has 0 fully saturated rings. The summed E-state index contributed by atoms with van der Waals surface area (Å²) < 4.78 is 0. The zero-order valence-electron chi connectivity index (χ0n) is 9.32. The first-order chi connectivity index (χ1) is 7.38. The van der Waals surface area contributed by atoms with Gasteiger partial charge in [0.25, 0.3) is 0 Å². The van der Waals surface area contributed by atoms with Crippen molar-refractivity contribution in [2.45, 2.75) is 26.2 Å². The van der Waals surface area contributed by atoms with Crippen LogP contribution in [-0.2, 0) is 0 Å². The van der Waals surface area contributed by atoms with Crippen molar-refractivity contribution < 1.29 is 0 Å². The Bertz CT molecular complexity index is 300. The van der Waals surface area contributed by atoms with Crippen LogP contribution in [0.3, 0.4) is 0 Å². The molecule has 0 aliphatic rings. The maximum atomic E-state index is 8.61. The van der Waals surface area contributed by atoms with Gasteiger partial charge in [-0.25, -0.2) is 0 Å². The van der Waals surface area contributed by atoms with Gasteiger partial charge in [-0.2, -0.15) is 5.26 Å². The number of hydrogen-bond donors (Lipinski definition) is 0. The molecular formula is C13H18N2. The highest BCUT2D eigenvalue weighted by atomic mass is 15.1. The van der Waals surface area contributed by atoms with Crippen molar-refractivity contribution in [3.8, 4) is 6.07 Å². The van der Waals surface area contributed by atoms with Gasteiger partial charge in [0.05, 0.1) is 12.5 Å². The zero-order chi connectivity index (χ0) is 10.9. The molecule has 0 unspecified atom stereocenters. The number of benzene rings is 1. The van der Waals surface area contributed by atoms with E-state index in [2.05, 4.69) is 30.0 Å². The molecule has 0 aliphatic carbocycles. The molecule has 0 aliphatic heterocycles. The van der Waals surface area contributed by atoms with Gasteiger partial charge in [-0.15, -0.1) is 0 Å². The number of unbranched alkanes of at least 4 members (excludes halogenated alkanes) is 1. The molecule has 0 spiro atoms. The number of rotatable bonds is 6. The van der Waals surface area contributed by atoms with Crippen LogP contribution in [0.5, 0.6) is 0 Å². The Labute approximate surface area is 92.1 Å². The first kappa shape index (κ1) is 11.6. The van der Waals surface area contributed by atoms with Crippen LogP contribution >= 0.6 is 0 Å². The van der Waals surface area contributed by atoms with Crippen molar-refractivity contribution >= 4 is 5.69 Å². The first-order valence-corrected chi connectivity index (χ1v) is 5.55. The van der Waals surface area contributed by atoms with E-state index in [1.54, 1.807) is 0 Å². The fraction of sp³-hybridized carbons (Fsp3) is 0.462. The molecule has 80 valence electrons. The second-order valence-electron chi connectivity index (χ2n) is 3.58. The van der Waals surface area contributed by atoms with Crippen molar-refractivity contribution in [1.29, 1.82) is 5.26 Å². The Kier molecular flexibility index (Phi) is 5.32. The maximum Gasteiger partial charge on any atom is 0.0640 e. The Balaban J connectivity index is 2.59. The fourth-order valence-electron chi connectivity index (χ4n) is 1.54. The van der Waals surface area contributed by atoms with E-state index in [-0.39, 0.29) is 0 Å². The highest BCUT2D eigenvalue weighted by Crippen LogP contribution is 2.14. The van der Waals surface area contributed by atoms with Crippen molar-refractivity contribution in [3.05, 3.63) is 30.3 Å². The number of anilines is 1. The lowest BCUT2D eigenvalue weighted by atomic mass is 10.2. The lowest BCUT2D eigenvalue weighted by Gasteiger charge is -2.23. The summed E-state index contributed by atoms with van der Waals surface area (Å²) in [6.45, 7) is 4.07. The second-order valence-corrected chi connectivity index (χ2v) is 3.58. The average Bonchev–Trinajstić information content (AvgIpc) is 2.30. The van der Waals surface area contributed by atoms with E-state index in [9.17, 15) is 0 Å². The Morgan fingerprint density at radius 1 is 1.20 bits per heavy atom. The highest BCUT2D eigenvalue weighted by molar-refractivity contribution is 5.45. The molecule has 0 bridgehead atoms. The molecule has 0 saturated heterocycles. The monoisotopic (exact) mass is 202 g/mol. The third-order valence-corrected chi connectivity index (χ3v) is 2.40. The van der Waals surface area contributed by atoms with Gasteiger partial charge in [0.1, 0.15) is 0 Å². The molecule has 0 aromatic heterocycles. The summed E-state index contributed by atoms with van der Waals surface area (Å²) in [5, 5.41) is 8.61. The topological polar surface area (TPSA) is 27.0 Å². The van der Waals surface area contributed by atoms with Crippen LogP contribution in [0.4, 0.5) is 5.69 Å². The molecule has 0 N–H and O–H groups in total. The van der Waals surface area contributed by atoms with Gasteiger partial charge < -0.3 is 4.90 Å². The van der Waals surface area contributed by atoms with Crippen LogP contribution in [0, 0.1) is 11.3 Å². The Morgan fingerprint density at radius 3 is 2.53 bits per heavy atom. The van der Waals surface area contributed by atoms with Crippen molar-refractivity contribution in [1.82, 2.24) is 0 Å². The minimum Gasteiger partial charge on any atom is -0.371 e. The molecular weight excluding hydrogens is 184 g/mol. The van der Waals surface area contributed by atoms with E-state index < -0.39 is 0 Å². The van der Waals surface area contributed by atoms with Crippen molar-refractivity contribution in [3.63, 3.8) is 0 Å². The summed E-state index contributed by atoms with van der Waals surface area (Å²) >= 11 is 0. The molecule has 0 radical (unpaired) electrons. The quantitative estimate of drug-likeness (QED) is 0.708. The largest absolute Gasteiger partial charge is 0.371 e. The third kappa shape index (κ3) is 4.03. The van der Waals surface area contributed by atoms with Crippen molar-refractivity contribution in [2.24, 2.45) is 0 Å². The summed E-state index contributed by atoms with van der Waals surface area (Å²) in [5.74, 6) is 0. The molecule has 1 aromatic carbocycles. The van der Waals surface area contributed by atoms with Gasteiger partial charge in [-0.05, 0) is 18.6 Å². The van der Waals surface area contributed by atoms with E-state index in [0.29, 0.717) is 6.42 Å². The van der Waals surface area contributed by atoms with Crippen LogP contribution in [0.2, 0.25) is 0 Å². The molecule has 2 nitrogen and oxygen atoms in total. The molecule has 0 atom stereocenters. The molecule has 1 rings (SSSR count). The molecule has 0 heterocycles. The molecule has 15 heavy (non-hydrogen) atoms.